The highest BCUT2D eigenvalue weighted by Crippen LogP contribution is 2.53. The molecule has 5 rings (SSSR count). The normalized spacial score (nSPS) is 21.4. The van der Waals surface area contributed by atoms with Gasteiger partial charge in [-0.2, -0.15) is 4.98 Å². The topological polar surface area (TPSA) is 77.7 Å². The molecule has 3 aromatic rings. The van der Waals surface area contributed by atoms with Crippen molar-refractivity contribution >= 4 is 23.5 Å². The van der Waals surface area contributed by atoms with Gasteiger partial charge in [-0.3, -0.25) is 9.69 Å². The minimum absolute atomic E-state index is 0.220. The van der Waals surface area contributed by atoms with Gasteiger partial charge in [0.2, 0.25) is 5.89 Å². The van der Waals surface area contributed by atoms with Crippen LogP contribution in [0.1, 0.15) is 41.5 Å². The van der Waals surface area contributed by atoms with Crippen molar-refractivity contribution in [1.82, 2.24) is 15.0 Å². The van der Waals surface area contributed by atoms with Gasteiger partial charge >= 0.3 is 0 Å². The van der Waals surface area contributed by atoms with Crippen molar-refractivity contribution in [2.45, 2.75) is 25.8 Å². The van der Waals surface area contributed by atoms with Gasteiger partial charge in [-0.1, -0.05) is 79.2 Å². The van der Waals surface area contributed by atoms with E-state index in [0.717, 1.165) is 30.5 Å². The van der Waals surface area contributed by atoms with E-state index in [-0.39, 0.29) is 6.61 Å². The zero-order valence-corrected chi connectivity index (χ0v) is 21.8. The zero-order valence-electron chi connectivity index (χ0n) is 21.0. The number of aldehydes is 1. The first-order chi connectivity index (χ1) is 17.9. The number of hydrogen-bond donors (Lipinski definition) is 0. The number of allylic oxidation sites excluding steroid dienone is 3. The molecular weight excluding hydrogens is 490 g/mol. The van der Waals surface area contributed by atoms with E-state index >= 15 is 0 Å². The predicted octanol–water partition coefficient (Wildman–Crippen LogP) is 5.36. The van der Waals surface area contributed by atoms with Gasteiger partial charge in [-0.05, 0) is 29.3 Å². The summed E-state index contributed by atoms with van der Waals surface area (Å²) in [7, 11) is 0. The fraction of sp³-hybridized carbons (Fsp3) is 0.345. The maximum atomic E-state index is 11.2. The summed E-state index contributed by atoms with van der Waals surface area (Å²) in [6.45, 7) is 8.19. The zero-order chi connectivity index (χ0) is 25.9. The van der Waals surface area contributed by atoms with Crippen LogP contribution in [0.5, 0.6) is 5.75 Å². The molecule has 1 aromatic heterocycles. The predicted molar refractivity (Wildman–Crippen MR) is 142 cm³/mol. The van der Waals surface area contributed by atoms with E-state index in [1.807, 2.05) is 24.3 Å². The molecule has 0 spiro atoms. The van der Waals surface area contributed by atoms with Gasteiger partial charge in [0, 0.05) is 24.1 Å². The maximum absolute atomic E-state index is 11.2. The molecule has 2 heterocycles. The standard InChI is InChI=1S/C29H30ClN3O4/c1-28(2)23(22-7-4-3-5-8-22)9-6-12-29(28,20-36-25-11-10-21(19-34)17-24(25)30)27-31-26(37-32-27)18-33-13-15-35-16-14-33/h3-12,17,19H,13-16,18,20H2,1-2H3. The summed E-state index contributed by atoms with van der Waals surface area (Å²) in [5.74, 6) is 1.60. The van der Waals surface area contributed by atoms with Crippen LogP contribution in [-0.4, -0.2) is 54.2 Å². The van der Waals surface area contributed by atoms with E-state index in [2.05, 4.69) is 48.2 Å². The Hall–Kier alpha value is -3.26. The molecule has 2 aliphatic rings. The number of morpholine rings is 1. The van der Waals surface area contributed by atoms with Crippen LogP contribution in [0, 0.1) is 5.41 Å². The van der Waals surface area contributed by atoms with Crippen LogP contribution in [0.4, 0.5) is 0 Å². The Balaban J connectivity index is 1.51. The van der Waals surface area contributed by atoms with Gasteiger partial charge in [0.05, 0.1) is 30.2 Å². The van der Waals surface area contributed by atoms with E-state index < -0.39 is 10.8 Å². The third-order valence-corrected chi connectivity index (χ3v) is 7.69. The monoisotopic (exact) mass is 519 g/mol. The Morgan fingerprint density at radius 1 is 1.14 bits per heavy atom. The minimum atomic E-state index is -0.758. The summed E-state index contributed by atoms with van der Waals surface area (Å²) in [5, 5.41) is 4.85. The van der Waals surface area contributed by atoms with Crippen LogP contribution < -0.4 is 4.74 Å². The van der Waals surface area contributed by atoms with Gasteiger partial charge < -0.3 is 14.0 Å². The van der Waals surface area contributed by atoms with Crippen LogP contribution in [0.3, 0.4) is 0 Å². The van der Waals surface area contributed by atoms with Crippen LogP contribution in [-0.2, 0) is 16.7 Å². The fourth-order valence-electron chi connectivity index (χ4n) is 5.04. The van der Waals surface area contributed by atoms with Crippen molar-refractivity contribution in [2.24, 2.45) is 5.41 Å². The molecule has 1 aliphatic carbocycles. The first-order valence-corrected chi connectivity index (χ1v) is 12.8. The van der Waals surface area contributed by atoms with Crippen molar-refractivity contribution < 1.29 is 18.8 Å². The highest BCUT2D eigenvalue weighted by Gasteiger charge is 2.52. The third-order valence-electron chi connectivity index (χ3n) is 7.39. The highest BCUT2D eigenvalue weighted by molar-refractivity contribution is 6.32. The van der Waals surface area contributed by atoms with Crippen molar-refractivity contribution in [3.05, 3.63) is 94.6 Å². The van der Waals surface area contributed by atoms with Crippen LogP contribution in [0.25, 0.3) is 5.57 Å². The molecule has 0 N–H and O–H groups in total. The Kier molecular flexibility index (Phi) is 7.29. The number of hydrogen-bond acceptors (Lipinski definition) is 7. The average Bonchev–Trinajstić information content (AvgIpc) is 3.38. The molecular formula is C29H30ClN3O4. The van der Waals surface area contributed by atoms with Gasteiger partial charge in [0.1, 0.15) is 18.6 Å². The Morgan fingerprint density at radius 3 is 2.65 bits per heavy atom. The minimum Gasteiger partial charge on any atom is -0.491 e. The van der Waals surface area contributed by atoms with Crippen molar-refractivity contribution in [3.8, 4) is 5.75 Å². The molecule has 1 atom stereocenters. The van der Waals surface area contributed by atoms with Gasteiger partial charge in [-0.25, -0.2) is 0 Å². The second kappa shape index (κ2) is 10.6. The average molecular weight is 520 g/mol. The SMILES string of the molecule is CC1(C)C(c2ccccc2)=CC=CC1(COc1ccc(C=O)cc1Cl)c1noc(CN2CCOCC2)n1. The van der Waals surface area contributed by atoms with E-state index in [4.69, 9.17) is 30.6 Å². The summed E-state index contributed by atoms with van der Waals surface area (Å²) in [4.78, 5) is 18.3. The highest BCUT2D eigenvalue weighted by atomic mass is 35.5. The molecule has 0 radical (unpaired) electrons. The fourth-order valence-corrected chi connectivity index (χ4v) is 5.28. The summed E-state index contributed by atoms with van der Waals surface area (Å²) >= 11 is 6.45. The Morgan fingerprint density at radius 2 is 1.92 bits per heavy atom. The van der Waals surface area contributed by atoms with Crippen molar-refractivity contribution in [3.63, 3.8) is 0 Å². The summed E-state index contributed by atoms with van der Waals surface area (Å²) in [5.41, 5.74) is 1.52. The summed E-state index contributed by atoms with van der Waals surface area (Å²) in [6.07, 6.45) is 7.02. The second-order valence-electron chi connectivity index (χ2n) is 9.90. The Bertz CT molecular complexity index is 1310. The first kappa shape index (κ1) is 25.4. The Labute approximate surface area is 221 Å². The molecule has 37 heavy (non-hydrogen) atoms. The largest absolute Gasteiger partial charge is 0.491 e. The molecule has 8 heteroatoms. The summed E-state index contributed by atoms with van der Waals surface area (Å²) < 4.78 is 17.6. The lowest BCUT2D eigenvalue weighted by molar-refractivity contribution is 0.0297. The molecule has 1 aliphatic heterocycles. The van der Waals surface area contributed by atoms with E-state index in [1.54, 1.807) is 18.2 Å². The van der Waals surface area contributed by atoms with Crippen molar-refractivity contribution in [1.29, 1.82) is 0 Å². The number of nitrogens with zero attached hydrogens (tertiary/aromatic N) is 3. The number of halogens is 1. The molecule has 2 aromatic carbocycles. The van der Waals surface area contributed by atoms with Crippen LogP contribution in [0.2, 0.25) is 5.02 Å². The molecule has 0 saturated carbocycles. The molecule has 1 saturated heterocycles. The molecule has 192 valence electrons. The number of aromatic nitrogens is 2. The molecule has 7 nitrogen and oxygen atoms in total. The lowest BCUT2D eigenvalue weighted by atomic mass is 9.58. The maximum Gasteiger partial charge on any atom is 0.240 e. The van der Waals surface area contributed by atoms with Gasteiger partial charge in [-0.15, -0.1) is 0 Å². The van der Waals surface area contributed by atoms with E-state index in [1.165, 1.54) is 0 Å². The molecule has 0 amide bonds. The quantitative estimate of drug-likeness (QED) is 0.370. The number of ether oxygens (including phenoxy) is 2. The molecule has 1 fully saturated rings. The number of rotatable bonds is 8. The number of carbonyl (C=O) groups is 1. The summed E-state index contributed by atoms with van der Waals surface area (Å²) in [6, 6.07) is 15.3. The lowest BCUT2D eigenvalue weighted by Gasteiger charge is -2.46. The second-order valence-corrected chi connectivity index (χ2v) is 10.3. The molecule has 1 unspecified atom stereocenters. The van der Waals surface area contributed by atoms with Crippen LogP contribution >= 0.6 is 11.6 Å². The number of carbonyl (C=O) groups excluding carboxylic acids is 1. The van der Waals surface area contributed by atoms with E-state index in [0.29, 0.717) is 47.8 Å². The third kappa shape index (κ3) is 4.99. The van der Waals surface area contributed by atoms with Crippen LogP contribution in [0.15, 0.2) is 71.3 Å². The van der Waals surface area contributed by atoms with Gasteiger partial charge in [0.25, 0.3) is 0 Å². The smallest absolute Gasteiger partial charge is 0.240 e. The molecule has 0 bridgehead atoms. The lowest BCUT2D eigenvalue weighted by Crippen LogP contribution is -2.48. The van der Waals surface area contributed by atoms with Gasteiger partial charge in [0.15, 0.2) is 5.82 Å². The van der Waals surface area contributed by atoms with Crippen molar-refractivity contribution in [2.75, 3.05) is 32.9 Å². The number of benzene rings is 2. The first-order valence-electron chi connectivity index (χ1n) is 12.4. The van der Waals surface area contributed by atoms with E-state index in [9.17, 15) is 4.79 Å².